The molecule has 2 N–H and O–H groups in total. The summed E-state index contributed by atoms with van der Waals surface area (Å²) in [5.41, 5.74) is 1.29. The van der Waals surface area contributed by atoms with E-state index >= 15 is 0 Å². The minimum absolute atomic E-state index is 0. The van der Waals surface area contributed by atoms with Gasteiger partial charge in [-0.1, -0.05) is 6.92 Å². The fourth-order valence-corrected chi connectivity index (χ4v) is 3.84. The second-order valence-corrected chi connectivity index (χ2v) is 7.25. The lowest BCUT2D eigenvalue weighted by atomic mass is 9.97. The molecule has 0 aromatic carbocycles. The lowest BCUT2D eigenvalue weighted by Gasteiger charge is -2.32. The van der Waals surface area contributed by atoms with Gasteiger partial charge in [-0.05, 0) is 51.1 Å². The minimum Gasteiger partial charge on any atom is -0.354 e. The summed E-state index contributed by atoms with van der Waals surface area (Å²) >= 11 is 0. The van der Waals surface area contributed by atoms with Gasteiger partial charge >= 0.3 is 0 Å². The number of carbonyl (C=O) groups excluding carboxylic acids is 1. The fraction of sp³-hybridized carbons (Fsp3) is 0.778. The monoisotopic (exact) mass is 369 g/mol. The molecule has 25 heavy (non-hydrogen) atoms. The largest absolute Gasteiger partial charge is 0.354 e. The van der Waals surface area contributed by atoms with Gasteiger partial charge in [-0.25, -0.2) is 0 Å². The van der Waals surface area contributed by atoms with Crippen LogP contribution in [0.3, 0.4) is 0 Å². The zero-order chi connectivity index (χ0) is 16.8. The van der Waals surface area contributed by atoms with Gasteiger partial charge in [0.25, 0.3) is 0 Å². The van der Waals surface area contributed by atoms with Crippen molar-refractivity contribution < 1.29 is 4.79 Å². The lowest BCUT2D eigenvalue weighted by Crippen LogP contribution is -2.45. The number of amides is 1. The van der Waals surface area contributed by atoms with Gasteiger partial charge in [-0.3, -0.25) is 14.4 Å². The summed E-state index contributed by atoms with van der Waals surface area (Å²) in [4.78, 5) is 14.6. The normalized spacial score (nSPS) is 24.0. The molecule has 142 valence electrons. The van der Waals surface area contributed by atoms with Crippen molar-refractivity contribution in [3.8, 4) is 0 Å². The van der Waals surface area contributed by atoms with E-state index in [0.717, 1.165) is 58.5 Å². The predicted octanol–water partition coefficient (Wildman–Crippen LogP) is 1.80. The van der Waals surface area contributed by atoms with Crippen molar-refractivity contribution >= 4 is 18.3 Å². The molecule has 1 amide bonds. The Labute approximate surface area is 157 Å². The molecule has 2 fully saturated rings. The highest BCUT2D eigenvalue weighted by Crippen LogP contribution is 2.18. The third-order valence-electron chi connectivity index (χ3n) is 5.09. The van der Waals surface area contributed by atoms with Gasteiger partial charge in [0.15, 0.2) is 0 Å². The van der Waals surface area contributed by atoms with E-state index < -0.39 is 0 Å². The van der Waals surface area contributed by atoms with Crippen LogP contribution in [0.1, 0.15) is 44.6 Å². The van der Waals surface area contributed by atoms with Crippen LogP contribution < -0.4 is 10.6 Å². The first kappa shape index (κ1) is 20.2. The topological polar surface area (TPSA) is 62.2 Å². The van der Waals surface area contributed by atoms with Crippen LogP contribution in [0.5, 0.6) is 0 Å². The van der Waals surface area contributed by atoms with Crippen LogP contribution in [0.4, 0.5) is 0 Å². The average molecular weight is 370 g/mol. The third kappa shape index (κ3) is 5.97. The first-order valence-corrected chi connectivity index (χ1v) is 9.49. The van der Waals surface area contributed by atoms with Crippen LogP contribution in [-0.2, 0) is 17.9 Å². The van der Waals surface area contributed by atoms with Crippen molar-refractivity contribution in [1.29, 1.82) is 0 Å². The van der Waals surface area contributed by atoms with Crippen molar-refractivity contribution in [2.45, 2.75) is 58.2 Å². The molecule has 0 spiro atoms. The summed E-state index contributed by atoms with van der Waals surface area (Å²) in [5.74, 6) is 0.750. The number of aryl methyl sites for hydroxylation is 1. The van der Waals surface area contributed by atoms with Gasteiger partial charge in [-0.15, -0.1) is 12.4 Å². The molecular weight excluding hydrogens is 338 g/mol. The number of likely N-dealkylation sites (tertiary alicyclic amines) is 1. The summed E-state index contributed by atoms with van der Waals surface area (Å²) in [6.45, 7) is 8.13. The number of hydrogen-bond acceptors (Lipinski definition) is 4. The van der Waals surface area contributed by atoms with Crippen molar-refractivity contribution in [3.63, 3.8) is 0 Å². The van der Waals surface area contributed by atoms with Crippen LogP contribution >= 0.6 is 12.4 Å². The molecule has 1 aromatic rings. The maximum absolute atomic E-state index is 12.1. The van der Waals surface area contributed by atoms with Gasteiger partial charge in [0.2, 0.25) is 5.91 Å². The average Bonchev–Trinajstić information content (AvgIpc) is 3.26. The Morgan fingerprint density at radius 3 is 3.04 bits per heavy atom. The van der Waals surface area contributed by atoms with Crippen LogP contribution in [0.2, 0.25) is 0 Å². The maximum Gasteiger partial charge on any atom is 0.237 e. The molecule has 7 heteroatoms. The number of hydrogen-bond donors (Lipinski definition) is 2. The zero-order valence-corrected chi connectivity index (χ0v) is 16.1. The Bertz CT molecular complexity index is 529. The standard InChI is InChI=1S/C18H31N5O.ClH/c1-2-8-23-14-16(11-21-23)13-22-9-4-5-15(12-22)10-20-18(24)17-6-3-7-19-17;/h11,14-15,17,19H,2-10,12-13H2,1H3,(H,20,24);1H. The van der Waals surface area contributed by atoms with Gasteiger partial charge in [0, 0.05) is 37.9 Å². The number of nitrogens with one attached hydrogen (secondary N) is 2. The molecule has 0 saturated carbocycles. The van der Waals surface area contributed by atoms with Gasteiger partial charge in [0.1, 0.15) is 0 Å². The molecule has 2 aliphatic heterocycles. The first-order valence-electron chi connectivity index (χ1n) is 9.49. The number of nitrogens with zero attached hydrogens (tertiary/aromatic N) is 3. The smallest absolute Gasteiger partial charge is 0.237 e. The zero-order valence-electron chi connectivity index (χ0n) is 15.2. The molecule has 0 bridgehead atoms. The number of carbonyl (C=O) groups is 1. The maximum atomic E-state index is 12.1. The molecule has 0 aliphatic carbocycles. The van der Waals surface area contributed by atoms with Crippen LogP contribution in [0, 0.1) is 5.92 Å². The lowest BCUT2D eigenvalue weighted by molar-refractivity contribution is -0.123. The van der Waals surface area contributed by atoms with Crippen molar-refractivity contribution in [3.05, 3.63) is 18.0 Å². The Morgan fingerprint density at radius 2 is 2.28 bits per heavy atom. The van der Waals surface area contributed by atoms with Gasteiger partial charge in [-0.2, -0.15) is 5.10 Å². The van der Waals surface area contributed by atoms with Crippen LogP contribution in [-0.4, -0.2) is 52.8 Å². The molecule has 3 rings (SSSR count). The second-order valence-electron chi connectivity index (χ2n) is 7.25. The molecule has 2 unspecified atom stereocenters. The van der Waals surface area contributed by atoms with Crippen molar-refractivity contribution in [1.82, 2.24) is 25.3 Å². The predicted molar refractivity (Wildman–Crippen MR) is 102 cm³/mol. The summed E-state index contributed by atoms with van der Waals surface area (Å²) in [6.07, 6.45) is 9.79. The Hall–Kier alpha value is -1.11. The number of aromatic nitrogens is 2. The Kier molecular flexibility index (Phi) is 8.19. The summed E-state index contributed by atoms with van der Waals surface area (Å²) in [7, 11) is 0. The minimum atomic E-state index is 0. The molecule has 0 radical (unpaired) electrons. The molecule has 2 saturated heterocycles. The highest BCUT2D eigenvalue weighted by atomic mass is 35.5. The molecular formula is C18H32ClN5O. The molecule has 2 atom stereocenters. The molecule has 2 aliphatic rings. The number of halogens is 1. The van der Waals surface area contributed by atoms with Crippen LogP contribution in [0.15, 0.2) is 12.4 Å². The van der Waals surface area contributed by atoms with E-state index in [-0.39, 0.29) is 24.4 Å². The summed E-state index contributed by atoms with van der Waals surface area (Å²) in [6, 6.07) is 0.0362. The summed E-state index contributed by atoms with van der Waals surface area (Å²) < 4.78 is 2.03. The fourth-order valence-electron chi connectivity index (χ4n) is 3.84. The van der Waals surface area contributed by atoms with Gasteiger partial charge < -0.3 is 10.6 Å². The Balaban J connectivity index is 0.00000225. The van der Waals surface area contributed by atoms with E-state index in [2.05, 4.69) is 33.8 Å². The van der Waals surface area contributed by atoms with E-state index in [0.29, 0.717) is 5.92 Å². The molecule has 1 aromatic heterocycles. The highest BCUT2D eigenvalue weighted by Gasteiger charge is 2.24. The van der Waals surface area contributed by atoms with Gasteiger partial charge in [0.05, 0.1) is 12.2 Å². The summed E-state index contributed by atoms with van der Waals surface area (Å²) in [5, 5.41) is 10.8. The molecule has 3 heterocycles. The quantitative estimate of drug-likeness (QED) is 0.769. The molecule has 6 nitrogen and oxygen atoms in total. The van der Waals surface area contributed by atoms with E-state index in [1.165, 1.54) is 18.4 Å². The SMILES string of the molecule is CCCn1cc(CN2CCCC(CNC(=O)C3CCCN3)C2)cn1.Cl. The van der Waals surface area contributed by atoms with E-state index in [9.17, 15) is 4.79 Å². The first-order chi connectivity index (χ1) is 11.7. The highest BCUT2D eigenvalue weighted by molar-refractivity contribution is 5.85. The van der Waals surface area contributed by atoms with Crippen molar-refractivity contribution in [2.24, 2.45) is 5.92 Å². The van der Waals surface area contributed by atoms with E-state index in [1.807, 2.05) is 10.9 Å². The number of piperidine rings is 1. The van der Waals surface area contributed by atoms with Crippen LogP contribution in [0.25, 0.3) is 0 Å². The van der Waals surface area contributed by atoms with E-state index in [4.69, 9.17) is 0 Å². The third-order valence-corrected chi connectivity index (χ3v) is 5.09. The van der Waals surface area contributed by atoms with E-state index in [1.54, 1.807) is 0 Å². The second kappa shape index (κ2) is 10.1. The Morgan fingerprint density at radius 1 is 1.40 bits per heavy atom. The van der Waals surface area contributed by atoms with Crippen molar-refractivity contribution in [2.75, 3.05) is 26.2 Å². The number of rotatable bonds is 7.